The molecule has 0 unspecified atom stereocenters. The van der Waals surface area contributed by atoms with E-state index in [0.29, 0.717) is 6.08 Å². The SMILES string of the molecule is O=C(O)C=Cc1c(C(F)(F)F)ccnc1Oc1cccnc1. The van der Waals surface area contributed by atoms with Crippen LogP contribution in [0.15, 0.2) is 42.9 Å². The van der Waals surface area contributed by atoms with Crippen LogP contribution in [0.4, 0.5) is 13.2 Å². The van der Waals surface area contributed by atoms with E-state index < -0.39 is 23.3 Å². The van der Waals surface area contributed by atoms with Crippen molar-refractivity contribution in [3.8, 4) is 11.6 Å². The lowest BCUT2D eigenvalue weighted by molar-refractivity contribution is -0.138. The summed E-state index contributed by atoms with van der Waals surface area (Å²) < 4.78 is 44.3. The average Bonchev–Trinajstić information content (AvgIpc) is 2.45. The summed E-state index contributed by atoms with van der Waals surface area (Å²) in [4.78, 5) is 18.1. The first kappa shape index (κ1) is 15.5. The number of aliphatic carboxylic acids is 1. The lowest BCUT2D eigenvalue weighted by Crippen LogP contribution is -2.09. The Morgan fingerprint density at radius 3 is 2.64 bits per heavy atom. The van der Waals surface area contributed by atoms with Crippen molar-refractivity contribution in [2.45, 2.75) is 6.18 Å². The fourth-order valence-corrected chi connectivity index (χ4v) is 1.62. The zero-order valence-corrected chi connectivity index (χ0v) is 10.9. The van der Waals surface area contributed by atoms with Crippen LogP contribution < -0.4 is 4.74 Å². The van der Waals surface area contributed by atoms with Crippen LogP contribution in [0.3, 0.4) is 0 Å². The van der Waals surface area contributed by atoms with Crippen molar-refractivity contribution < 1.29 is 27.8 Å². The number of hydrogen-bond acceptors (Lipinski definition) is 4. The number of pyridine rings is 2. The van der Waals surface area contributed by atoms with Gasteiger partial charge in [0.05, 0.1) is 11.8 Å². The van der Waals surface area contributed by atoms with Crippen molar-refractivity contribution in [1.82, 2.24) is 9.97 Å². The molecule has 0 aliphatic heterocycles. The maximum Gasteiger partial charge on any atom is 0.417 e. The number of carboxylic acid groups (broad SMARTS) is 1. The second kappa shape index (κ2) is 6.25. The number of carboxylic acids is 1. The zero-order chi connectivity index (χ0) is 16.2. The summed E-state index contributed by atoms with van der Waals surface area (Å²) in [5, 5.41) is 8.61. The standard InChI is InChI=1S/C14H9F3N2O3/c15-14(16,17)11-5-7-19-13(10(11)3-4-12(20)21)22-9-2-1-6-18-8-9/h1-8H,(H,20,21). The molecule has 0 aliphatic carbocycles. The molecular weight excluding hydrogens is 301 g/mol. The number of hydrogen-bond donors (Lipinski definition) is 1. The largest absolute Gasteiger partial charge is 0.478 e. The first-order valence-corrected chi connectivity index (χ1v) is 5.93. The summed E-state index contributed by atoms with van der Waals surface area (Å²) >= 11 is 0. The van der Waals surface area contributed by atoms with Gasteiger partial charge in [0.25, 0.3) is 0 Å². The maximum atomic E-state index is 13.0. The number of rotatable bonds is 4. The Bertz CT molecular complexity index is 700. The molecule has 0 spiro atoms. The molecule has 0 aromatic carbocycles. The van der Waals surface area contributed by atoms with Crippen molar-refractivity contribution in [1.29, 1.82) is 0 Å². The molecule has 0 fully saturated rings. The van der Waals surface area contributed by atoms with Gasteiger partial charge in [-0.1, -0.05) is 0 Å². The van der Waals surface area contributed by atoms with Crippen molar-refractivity contribution in [2.75, 3.05) is 0 Å². The number of carbonyl (C=O) groups is 1. The van der Waals surface area contributed by atoms with Crippen molar-refractivity contribution >= 4 is 12.0 Å². The fourth-order valence-electron chi connectivity index (χ4n) is 1.62. The van der Waals surface area contributed by atoms with E-state index in [1.807, 2.05) is 0 Å². The molecule has 0 aliphatic rings. The van der Waals surface area contributed by atoms with Gasteiger partial charge >= 0.3 is 12.1 Å². The van der Waals surface area contributed by atoms with Crippen LogP contribution in [0.1, 0.15) is 11.1 Å². The molecule has 2 rings (SSSR count). The molecule has 1 N–H and O–H groups in total. The van der Waals surface area contributed by atoms with Gasteiger partial charge in [-0.25, -0.2) is 9.78 Å². The molecule has 0 atom stereocenters. The molecule has 8 heteroatoms. The molecule has 0 amide bonds. The van der Waals surface area contributed by atoms with Crippen LogP contribution in [0.25, 0.3) is 6.08 Å². The van der Waals surface area contributed by atoms with E-state index in [0.717, 1.165) is 18.3 Å². The van der Waals surface area contributed by atoms with E-state index in [1.54, 1.807) is 0 Å². The summed E-state index contributed by atoms with van der Waals surface area (Å²) in [5.74, 6) is -1.57. The first-order valence-electron chi connectivity index (χ1n) is 5.93. The second-order valence-electron chi connectivity index (χ2n) is 4.04. The van der Waals surface area contributed by atoms with Gasteiger partial charge in [-0.3, -0.25) is 4.98 Å². The number of ether oxygens (including phenoxy) is 1. The molecule has 0 saturated carbocycles. The van der Waals surface area contributed by atoms with Crippen LogP contribution in [0.2, 0.25) is 0 Å². The van der Waals surface area contributed by atoms with Crippen LogP contribution in [-0.4, -0.2) is 21.0 Å². The van der Waals surface area contributed by atoms with E-state index in [1.165, 1.54) is 24.5 Å². The minimum atomic E-state index is -4.67. The monoisotopic (exact) mass is 310 g/mol. The highest BCUT2D eigenvalue weighted by Gasteiger charge is 2.34. The van der Waals surface area contributed by atoms with Gasteiger partial charge in [0.2, 0.25) is 5.88 Å². The van der Waals surface area contributed by atoms with Gasteiger partial charge < -0.3 is 9.84 Å². The van der Waals surface area contributed by atoms with Crippen LogP contribution in [0, 0.1) is 0 Å². The highest BCUT2D eigenvalue weighted by molar-refractivity contribution is 5.86. The normalized spacial score (nSPS) is 11.6. The minimum absolute atomic E-state index is 0.180. The lowest BCUT2D eigenvalue weighted by Gasteiger charge is -2.13. The van der Waals surface area contributed by atoms with Gasteiger partial charge in [-0.15, -0.1) is 0 Å². The summed E-state index contributed by atoms with van der Waals surface area (Å²) in [6.07, 6.45) is 0.414. The topological polar surface area (TPSA) is 72.3 Å². The fraction of sp³-hybridized carbons (Fsp3) is 0.0714. The smallest absolute Gasteiger partial charge is 0.417 e. The van der Waals surface area contributed by atoms with E-state index in [4.69, 9.17) is 9.84 Å². The highest BCUT2D eigenvalue weighted by atomic mass is 19.4. The second-order valence-corrected chi connectivity index (χ2v) is 4.04. The molecule has 2 aromatic rings. The minimum Gasteiger partial charge on any atom is -0.478 e. The third-order valence-electron chi connectivity index (χ3n) is 2.50. The van der Waals surface area contributed by atoms with Crippen molar-refractivity contribution in [2.24, 2.45) is 0 Å². The molecule has 0 bridgehead atoms. The van der Waals surface area contributed by atoms with Gasteiger partial charge in [0.1, 0.15) is 5.75 Å². The first-order chi connectivity index (χ1) is 10.4. The molecule has 22 heavy (non-hydrogen) atoms. The maximum absolute atomic E-state index is 13.0. The van der Waals surface area contributed by atoms with E-state index >= 15 is 0 Å². The Morgan fingerprint density at radius 1 is 1.27 bits per heavy atom. The van der Waals surface area contributed by atoms with Gasteiger partial charge in [-0.2, -0.15) is 13.2 Å². The lowest BCUT2D eigenvalue weighted by atomic mass is 10.1. The summed E-state index contributed by atoms with van der Waals surface area (Å²) in [5.41, 5.74) is -1.51. The molecule has 0 saturated heterocycles. The average molecular weight is 310 g/mol. The number of aromatic nitrogens is 2. The van der Waals surface area contributed by atoms with Crippen molar-refractivity contribution in [3.63, 3.8) is 0 Å². The molecule has 0 radical (unpaired) electrons. The Morgan fingerprint density at radius 2 is 2.05 bits per heavy atom. The zero-order valence-electron chi connectivity index (χ0n) is 10.9. The summed E-state index contributed by atoms with van der Waals surface area (Å²) in [6, 6.07) is 3.77. The van der Waals surface area contributed by atoms with Crippen molar-refractivity contribution in [3.05, 3.63) is 54.0 Å². The Labute approximate surface area is 122 Å². The Kier molecular flexibility index (Phi) is 4.40. The van der Waals surface area contributed by atoms with E-state index in [9.17, 15) is 18.0 Å². The predicted octanol–water partition coefficient (Wildman–Crippen LogP) is 3.39. The number of halogens is 3. The number of alkyl halides is 3. The van der Waals surface area contributed by atoms with Crippen LogP contribution in [-0.2, 0) is 11.0 Å². The molecule has 114 valence electrons. The third-order valence-corrected chi connectivity index (χ3v) is 2.50. The van der Waals surface area contributed by atoms with Gasteiger partial charge in [0, 0.05) is 24.0 Å². The molecule has 5 nitrogen and oxygen atoms in total. The van der Waals surface area contributed by atoms with Crippen LogP contribution >= 0.6 is 0 Å². The molecule has 2 aromatic heterocycles. The molecule has 2 heterocycles. The summed E-state index contributed by atoms with van der Waals surface area (Å²) in [7, 11) is 0. The van der Waals surface area contributed by atoms with Gasteiger partial charge in [-0.05, 0) is 24.3 Å². The predicted molar refractivity (Wildman–Crippen MR) is 70.2 cm³/mol. The molecular formula is C14H9F3N2O3. The van der Waals surface area contributed by atoms with Crippen LogP contribution in [0.5, 0.6) is 11.6 Å². The Hall–Kier alpha value is -2.90. The van der Waals surface area contributed by atoms with E-state index in [-0.39, 0.29) is 11.6 Å². The Balaban J connectivity index is 2.50. The summed E-state index contributed by atoms with van der Waals surface area (Å²) in [6.45, 7) is 0. The van der Waals surface area contributed by atoms with E-state index in [2.05, 4.69) is 9.97 Å². The van der Waals surface area contributed by atoms with Gasteiger partial charge in [0.15, 0.2) is 0 Å². The number of nitrogens with zero attached hydrogens (tertiary/aromatic N) is 2. The highest BCUT2D eigenvalue weighted by Crippen LogP contribution is 2.36. The quantitative estimate of drug-likeness (QED) is 0.876. The third kappa shape index (κ3) is 3.81.